The van der Waals surface area contributed by atoms with Crippen molar-refractivity contribution in [3.8, 4) is 0 Å². The van der Waals surface area contributed by atoms with Gasteiger partial charge in [0.2, 0.25) is 0 Å². The van der Waals surface area contributed by atoms with Crippen molar-refractivity contribution in [1.29, 1.82) is 0 Å². The fraction of sp³-hybridized carbons (Fsp3) is 0.667. The van der Waals surface area contributed by atoms with E-state index in [1.807, 2.05) is 18.7 Å². The summed E-state index contributed by atoms with van der Waals surface area (Å²) in [6, 6.07) is 1.75. The summed E-state index contributed by atoms with van der Waals surface area (Å²) >= 11 is 1.84. The van der Waals surface area contributed by atoms with Crippen LogP contribution >= 0.6 is 11.8 Å². The number of nitrogens with zero attached hydrogens (tertiary/aromatic N) is 2. The van der Waals surface area contributed by atoms with E-state index in [2.05, 4.69) is 28.5 Å². The molecule has 0 spiro atoms. The molecule has 0 bridgehead atoms. The molecule has 1 unspecified atom stereocenters. The lowest BCUT2D eigenvalue weighted by molar-refractivity contribution is 0.128. The Hall–Kier alpha value is -1.01. The van der Waals surface area contributed by atoms with E-state index in [9.17, 15) is 0 Å². The summed E-state index contributed by atoms with van der Waals surface area (Å²) in [7, 11) is 0. The molecule has 1 atom stereocenters. The second kappa shape index (κ2) is 8.16. The molecule has 18 heavy (non-hydrogen) atoms. The molecule has 0 radical (unpaired) electrons. The monoisotopic (exact) mass is 270 g/mol. The average Bonchev–Trinajstić information content (AvgIpc) is 2.34. The Balaban J connectivity index is 2.56. The van der Waals surface area contributed by atoms with Gasteiger partial charge in [-0.2, -0.15) is 11.8 Å². The maximum atomic E-state index is 5.75. The van der Waals surface area contributed by atoms with Gasteiger partial charge in [0.25, 0.3) is 0 Å². The number of ether oxygens (including phenoxy) is 1. The van der Waals surface area contributed by atoms with Gasteiger partial charge in [-0.1, -0.05) is 6.92 Å². The molecule has 0 aliphatic carbocycles. The molecule has 1 aromatic heterocycles. The minimum absolute atomic E-state index is 0.399. The van der Waals surface area contributed by atoms with Gasteiger partial charge in [-0.3, -0.25) is 0 Å². The Bertz CT molecular complexity index is 362. The van der Waals surface area contributed by atoms with Crippen molar-refractivity contribution in [2.75, 3.05) is 36.2 Å². The predicted molar refractivity (Wildman–Crippen MR) is 77.8 cm³/mol. The normalized spacial score (nSPS) is 12.4. The van der Waals surface area contributed by atoms with Gasteiger partial charge in [-0.05, 0) is 24.9 Å². The quantitative estimate of drug-likeness (QED) is 0.753. The zero-order valence-electron chi connectivity index (χ0n) is 11.3. The maximum Gasteiger partial charge on any atom is 0.158 e. The largest absolute Gasteiger partial charge is 0.384 e. The maximum absolute atomic E-state index is 5.75. The molecule has 0 fully saturated rings. The van der Waals surface area contributed by atoms with Gasteiger partial charge in [0.05, 0.1) is 0 Å². The first-order chi connectivity index (χ1) is 8.65. The number of nitrogens with one attached hydrogen (secondary N) is 1. The second-order valence-corrected chi connectivity index (χ2v) is 5.08. The van der Waals surface area contributed by atoms with Crippen LogP contribution in [0.4, 0.5) is 11.6 Å². The van der Waals surface area contributed by atoms with Gasteiger partial charge < -0.3 is 15.8 Å². The molecule has 0 saturated heterocycles. The minimum atomic E-state index is 0.399. The summed E-state index contributed by atoms with van der Waals surface area (Å²) in [6.45, 7) is 6.07. The highest BCUT2D eigenvalue weighted by molar-refractivity contribution is 7.98. The molecule has 0 saturated carbocycles. The van der Waals surface area contributed by atoms with Crippen LogP contribution in [0.1, 0.15) is 19.7 Å². The van der Waals surface area contributed by atoms with Crippen molar-refractivity contribution < 1.29 is 4.74 Å². The van der Waals surface area contributed by atoms with E-state index < -0.39 is 0 Å². The summed E-state index contributed by atoms with van der Waals surface area (Å²) in [4.78, 5) is 8.50. The van der Waals surface area contributed by atoms with E-state index in [0.29, 0.717) is 30.8 Å². The van der Waals surface area contributed by atoms with E-state index >= 15 is 0 Å². The van der Waals surface area contributed by atoms with Crippen molar-refractivity contribution in [2.24, 2.45) is 5.92 Å². The Morgan fingerprint density at radius 2 is 2.28 bits per heavy atom. The highest BCUT2D eigenvalue weighted by Crippen LogP contribution is 2.11. The summed E-state index contributed by atoms with van der Waals surface area (Å²) < 4.78 is 5.28. The van der Waals surface area contributed by atoms with Gasteiger partial charge in [-0.25, -0.2) is 9.97 Å². The third-order valence-corrected chi connectivity index (χ3v) is 3.21. The van der Waals surface area contributed by atoms with Crippen LogP contribution in [0.15, 0.2) is 6.07 Å². The Labute approximate surface area is 113 Å². The number of nitrogens with two attached hydrogens (primary N) is 1. The van der Waals surface area contributed by atoms with E-state index in [-0.39, 0.29) is 0 Å². The van der Waals surface area contributed by atoms with Crippen LogP contribution in [-0.4, -0.2) is 35.1 Å². The predicted octanol–water partition coefficient (Wildman–Crippen LogP) is 2.01. The molecule has 1 aromatic rings. The molecule has 3 N–H and O–H groups in total. The van der Waals surface area contributed by atoms with Crippen LogP contribution in [0, 0.1) is 5.92 Å². The van der Waals surface area contributed by atoms with Crippen LogP contribution in [0.2, 0.25) is 0 Å². The summed E-state index contributed by atoms with van der Waals surface area (Å²) in [5.41, 5.74) is 5.75. The number of thioether (sulfide) groups is 1. The van der Waals surface area contributed by atoms with E-state index in [1.54, 1.807) is 6.07 Å². The molecule has 0 aliphatic heterocycles. The zero-order valence-corrected chi connectivity index (χ0v) is 12.1. The molecule has 5 nitrogen and oxygen atoms in total. The van der Waals surface area contributed by atoms with Crippen molar-refractivity contribution in [1.82, 2.24) is 9.97 Å². The molecular formula is C12H22N4OS. The molecule has 6 heteroatoms. The van der Waals surface area contributed by atoms with Gasteiger partial charge in [0.15, 0.2) is 5.82 Å². The van der Waals surface area contributed by atoms with Crippen LogP contribution in [0.5, 0.6) is 0 Å². The molecule has 102 valence electrons. The third-order valence-electron chi connectivity index (χ3n) is 2.31. The Morgan fingerprint density at radius 1 is 1.50 bits per heavy atom. The topological polar surface area (TPSA) is 73.1 Å². The van der Waals surface area contributed by atoms with Crippen LogP contribution in [0.25, 0.3) is 0 Å². The average molecular weight is 270 g/mol. The Morgan fingerprint density at radius 3 is 2.94 bits per heavy atom. The number of hydrogen-bond acceptors (Lipinski definition) is 6. The molecule has 1 rings (SSSR count). The lowest BCUT2D eigenvalue weighted by Crippen LogP contribution is -2.15. The number of anilines is 2. The highest BCUT2D eigenvalue weighted by Gasteiger charge is 2.05. The zero-order chi connectivity index (χ0) is 13.4. The van der Waals surface area contributed by atoms with Crippen LogP contribution in [-0.2, 0) is 11.3 Å². The number of nitrogen functional groups attached to an aromatic ring is 1. The number of aromatic nitrogens is 2. The Kier molecular flexibility index (Phi) is 6.82. The summed E-state index contributed by atoms with van der Waals surface area (Å²) in [6.07, 6.45) is 2.11. The van der Waals surface area contributed by atoms with E-state index in [1.165, 1.54) is 0 Å². The van der Waals surface area contributed by atoms with Crippen molar-refractivity contribution >= 4 is 23.4 Å². The number of hydrogen-bond donors (Lipinski definition) is 2. The number of rotatable bonds is 8. The van der Waals surface area contributed by atoms with Gasteiger partial charge in [-0.15, -0.1) is 0 Å². The third kappa shape index (κ3) is 5.55. The summed E-state index contributed by atoms with van der Waals surface area (Å²) in [5.74, 6) is 3.58. The van der Waals surface area contributed by atoms with Crippen LogP contribution < -0.4 is 11.1 Å². The van der Waals surface area contributed by atoms with Gasteiger partial charge in [0, 0.05) is 19.2 Å². The van der Waals surface area contributed by atoms with Gasteiger partial charge >= 0.3 is 0 Å². The summed E-state index contributed by atoms with van der Waals surface area (Å²) in [5, 5.41) is 3.29. The first-order valence-corrected chi connectivity index (χ1v) is 7.49. The smallest absolute Gasteiger partial charge is 0.158 e. The highest BCUT2D eigenvalue weighted by atomic mass is 32.2. The van der Waals surface area contributed by atoms with Crippen molar-refractivity contribution in [3.63, 3.8) is 0 Å². The fourth-order valence-corrected chi connectivity index (χ4v) is 2.18. The molecule has 0 aromatic carbocycles. The molecular weight excluding hydrogens is 248 g/mol. The lowest BCUT2D eigenvalue weighted by atomic mass is 10.2. The standard InChI is InChI=1S/C12H22N4OS/c1-4-17-7-12-15-10(13)5-11(16-12)14-6-9(2)8-18-3/h5,9H,4,6-8H2,1-3H3,(H3,13,14,15,16). The van der Waals surface area contributed by atoms with Crippen molar-refractivity contribution in [2.45, 2.75) is 20.5 Å². The lowest BCUT2D eigenvalue weighted by Gasteiger charge is -2.12. The fourth-order valence-electron chi connectivity index (χ4n) is 1.49. The minimum Gasteiger partial charge on any atom is -0.384 e. The first-order valence-electron chi connectivity index (χ1n) is 6.09. The van der Waals surface area contributed by atoms with E-state index in [0.717, 1.165) is 18.1 Å². The SMILES string of the molecule is CCOCc1nc(N)cc(NCC(C)CSC)n1. The van der Waals surface area contributed by atoms with Gasteiger partial charge in [0.1, 0.15) is 18.2 Å². The van der Waals surface area contributed by atoms with Crippen LogP contribution in [0.3, 0.4) is 0 Å². The van der Waals surface area contributed by atoms with E-state index in [4.69, 9.17) is 10.5 Å². The molecule has 1 heterocycles. The first kappa shape index (κ1) is 15.0. The second-order valence-electron chi connectivity index (χ2n) is 4.17. The molecule has 0 amide bonds. The molecule has 0 aliphatic rings. The van der Waals surface area contributed by atoms with Crippen molar-refractivity contribution in [3.05, 3.63) is 11.9 Å².